The van der Waals surface area contributed by atoms with Crippen LogP contribution in [-0.4, -0.2) is 16.0 Å². The van der Waals surface area contributed by atoms with E-state index in [0.717, 1.165) is 30.2 Å². The fourth-order valence-corrected chi connectivity index (χ4v) is 3.69. The highest BCUT2D eigenvalue weighted by Gasteiger charge is 2.31. The van der Waals surface area contributed by atoms with Crippen molar-refractivity contribution in [1.82, 2.24) is 9.97 Å². The Hall–Kier alpha value is -1.34. The summed E-state index contributed by atoms with van der Waals surface area (Å²) in [5, 5.41) is 5.85. The van der Waals surface area contributed by atoms with Gasteiger partial charge in [0.05, 0.1) is 10.6 Å². The standard InChI is InChI=1S/C15H15ClF3N3S/c16-11-6-9(15(17,18)19)7-20-13(11)12-8-23-14(22-12)21-10-4-2-1-3-5-10/h6-8,10H,1-5H2,(H,21,22). The van der Waals surface area contributed by atoms with Crippen LogP contribution in [0.1, 0.15) is 37.7 Å². The van der Waals surface area contributed by atoms with Crippen LogP contribution < -0.4 is 5.32 Å². The zero-order chi connectivity index (χ0) is 16.4. The molecular formula is C15H15ClF3N3S. The minimum Gasteiger partial charge on any atom is -0.359 e. The van der Waals surface area contributed by atoms with E-state index in [4.69, 9.17) is 11.6 Å². The van der Waals surface area contributed by atoms with Crippen molar-refractivity contribution in [2.24, 2.45) is 0 Å². The largest absolute Gasteiger partial charge is 0.417 e. The number of anilines is 1. The van der Waals surface area contributed by atoms with E-state index >= 15 is 0 Å². The first-order chi connectivity index (χ1) is 10.9. The van der Waals surface area contributed by atoms with E-state index in [1.54, 1.807) is 5.38 Å². The molecule has 0 saturated heterocycles. The molecule has 0 radical (unpaired) electrons. The van der Waals surface area contributed by atoms with Gasteiger partial charge >= 0.3 is 6.18 Å². The molecule has 2 aromatic heterocycles. The Morgan fingerprint density at radius 1 is 1.22 bits per heavy atom. The zero-order valence-corrected chi connectivity index (χ0v) is 13.7. The van der Waals surface area contributed by atoms with Crippen molar-refractivity contribution in [3.63, 3.8) is 0 Å². The predicted molar refractivity (Wildman–Crippen MR) is 85.9 cm³/mol. The van der Waals surface area contributed by atoms with Crippen molar-refractivity contribution in [3.8, 4) is 11.4 Å². The van der Waals surface area contributed by atoms with Gasteiger partial charge in [-0.1, -0.05) is 30.9 Å². The van der Waals surface area contributed by atoms with E-state index in [-0.39, 0.29) is 10.7 Å². The van der Waals surface area contributed by atoms with Gasteiger partial charge in [-0.05, 0) is 18.9 Å². The van der Waals surface area contributed by atoms with Gasteiger partial charge in [0.2, 0.25) is 0 Å². The molecule has 0 spiro atoms. The lowest BCUT2D eigenvalue weighted by Crippen LogP contribution is -2.21. The quantitative estimate of drug-likeness (QED) is 0.770. The summed E-state index contributed by atoms with van der Waals surface area (Å²) < 4.78 is 37.9. The molecule has 1 N–H and O–H groups in total. The van der Waals surface area contributed by atoms with Crippen molar-refractivity contribution in [3.05, 3.63) is 28.2 Å². The number of thiazole rings is 1. The molecule has 1 aliphatic rings. The highest BCUT2D eigenvalue weighted by Crippen LogP contribution is 2.35. The summed E-state index contributed by atoms with van der Waals surface area (Å²) in [5.41, 5.74) is -0.0957. The van der Waals surface area contributed by atoms with Crippen molar-refractivity contribution in [2.45, 2.75) is 44.3 Å². The second-order valence-electron chi connectivity index (χ2n) is 5.57. The molecule has 8 heteroatoms. The highest BCUT2D eigenvalue weighted by molar-refractivity contribution is 7.14. The molecule has 0 amide bonds. The molecule has 2 heterocycles. The predicted octanol–water partition coefficient (Wildman–Crippen LogP) is 5.62. The number of pyridine rings is 1. The number of hydrogen-bond acceptors (Lipinski definition) is 4. The lowest BCUT2D eigenvalue weighted by molar-refractivity contribution is -0.137. The Kier molecular flexibility index (Phi) is 4.77. The second-order valence-corrected chi connectivity index (χ2v) is 6.83. The normalized spacial score (nSPS) is 16.5. The molecule has 0 unspecified atom stereocenters. The van der Waals surface area contributed by atoms with Gasteiger partial charge in [-0.3, -0.25) is 4.98 Å². The van der Waals surface area contributed by atoms with E-state index in [0.29, 0.717) is 11.7 Å². The third-order valence-corrected chi connectivity index (χ3v) is 4.91. The molecule has 3 rings (SSSR count). The molecule has 2 aromatic rings. The number of aromatic nitrogens is 2. The molecule has 23 heavy (non-hydrogen) atoms. The van der Waals surface area contributed by atoms with Gasteiger partial charge in [0.15, 0.2) is 5.13 Å². The molecule has 1 fully saturated rings. The van der Waals surface area contributed by atoms with Crippen molar-refractivity contribution >= 4 is 28.1 Å². The van der Waals surface area contributed by atoms with Gasteiger partial charge in [-0.15, -0.1) is 11.3 Å². The summed E-state index contributed by atoms with van der Waals surface area (Å²) in [6.07, 6.45) is 2.26. The number of alkyl halides is 3. The Morgan fingerprint density at radius 2 is 1.96 bits per heavy atom. The maximum Gasteiger partial charge on any atom is 0.417 e. The Morgan fingerprint density at radius 3 is 2.61 bits per heavy atom. The molecule has 0 aliphatic heterocycles. The first-order valence-electron chi connectivity index (χ1n) is 7.38. The number of halogens is 4. The van der Waals surface area contributed by atoms with Gasteiger partial charge < -0.3 is 5.32 Å². The number of hydrogen-bond donors (Lipinski definition) is 1. The van der Waals surface area contributed by atoms with Gasteiger partial charge in [-0.25, -0.2) is 4.98 Å². The average molecular weight is 362 g/mol. The molecular weight excluding hydrogens is 347 g/mol. The lowest BCUT2D eigenvalue weighted by atomic mass is 9.96. The van der Waals surface area contributed by atoms with Gasteiger partial charge in [0, 0.05) is 17.6 Å². The lowest BCUT2D eigenvalue weighted by Gasteiger charge is -2.22. The van der Waals surface area contributed by atoms with Crippen molar-refractivity contribution in [2.75, 3.05) is 5.32 Å². The van der Waals surface area contributed by atoms with Gasteiger partial charge in [0.25, 0.3) is 0 Å². The average Bonchev–Trinajstić information content (AvgIpc) is 2.95. The Bertz CT molecular complexity index is 681. The third-order valence-electron chi connectivity index (χ3n) is 3.85. The van der Waals surface area contributed by atoms with E-state index in [9.17, 15) is 13.2 Å². The fourth-order valence-electron chi connectivity index (χ4n) is 2.65. The molecule has 0 bridgehead atoms. The molecule has 0 aromatic carbocycles. The highest BCUT2D eigenvalue weighted by atomic mass is 35.5. The van der Waals surface area contributed by atoms with Crippen molar-refractivity contribution in [1.29, 1.82) is 0 Å². The van der Waals surface area contributed by atoms with E-state index in [2.05, 4.69) is 15.3 Å². The first kappa shape index (κ1) is 16.5. The minimum atomic E-state index is -4.45. The first-order valence-corrected chi connectivity index (χ1v) is 8.64. The topological polar surface area (TPSA) is 37.8 Å². The van der Waals surface area contributed by atoms with Crippen LogP contribution in [0.15, 0.2) is 17.6 Å². The maximum absolute atomic E-state index is 12.6. The number of nitrogens with zero attached hydrogens (tertiary/aromatic N) is 2. The molecule has 3 nitrogen and oxygen atoms in total. The number of rotatable bonds is 3. The zero-order valence-electron chi connectivity index (χ0n) is 12.2. The summed E-state index contributed by atoms with van der Waals surface area (Å²) in [7, 11) is 0. The maximum atomic E-state index is 12.6. The van der Waals surface area contributed by atoms with Crippen LogP contribution in [0.3, 0.4) is 0 Å². The van der Waals surface area contributed by atoms with Gasteiger partial charge in [-0.2, -0.15) is 13.2 Å². The van der Waals surface area contributed by atoms with E-state index in [1.807, 2.05) is 0 Å². The summed E-state index contributed by atoms with van der Waals surface area (Å²) in [5.74, 6) is 0. The van der Waals surface area contributed by atoms with Crippen LogP contribution in [-0.2, 0) is 6.18 Å². The van der Waals surface area contributed by atoms with Crippen molar-refractivity contribution < 1.29 is 13.2 Å². The summed E-state index contributed by atoms with van der Waals surface area (Å²) >= 11 is 7.37. The molecule has 1 aliphatic carbocycles. The summed E-state index contributed by atoms with van der Waals surface area (Å²) in [6, 6.07) is 1.30. The van der Waals surface area contributed by atoms with E-state index in [1.165, 1.54) is 30.6 Å². The van der Waals surface area contributed by atoms with Crippen LogP contribution in [0.2, 0.25) is 5.02 Å². The van der Waals surface area contributed by atoms with E-state index < -0.39 is 11.7 Å². The SMILES string of the molecule is FC(F)(F)c1cnc(-c2csc(NC3CCCCC3)n2)c(Cl)c1. The minimum absolute atomic E-state index is 0.0469. The molecule has 0 atom stereocenters. The smallest absolute Gasteiger partial charge is 0.359 e. The number of nitrogens with one attached hydrogen (secondary N) is 1. The Balaban J connectivity index is 1.77. The third kappa shape index (κ3) is 3.95. The molecule has 1 saturated carbocycles. The molecule has 124 valence electrons. The fraction of sp³-hybridized carbons (Fsp3) is 0.467. The Labute approximate surface area is 140 Å². The van der Waals surface area contributed by atoms with Gasteiger partial charge in [0.1, 0.15) is 11.4 Å². The summed E-state index contributed by atoms with van der Waals surface area (Å²) in [4.78, 5) is 8.25. The van der Waals surface area contributed by atoms with Crippen LogP contribution in [0.25, 0.3) is 11.4 Å². The van der Waals surface area contributed by atoms with Crippen LogP contribution in [0, 0.1) is 0 Å². The van der Waals surface area contributed by atoms with Crippen LogP contribution >= 0.6 is 22.9 Å². The second kappa shape index (κ2) is 6.65. The van der Waals surface area contributed by atoms with Crippen LogP contribution in [0.5, 0.6) is 0 Å². The van der Waals surface area contributed by atoms with Crippen LogP contribution in [0.4, 0.5) is 18.3 Å². The monoisotopic (exact) mass is 361 g/mol. The summed E-state index contributed by atoms with van der Waals surface area (Å²) in [6.45, 7) is 0.